The number of rotatable bonds is 5. The van der Waals surface area contributed by atoms with Gasteiger partial charge in [-0.2, -0.15) is 15.2 Å². The van der Waals surface area contributed by atoms with Crippen LogP contribution in [0, 0.1) is 12.3 Å². The normalized spacial score (nSPS) is 17.4. The largest absolute Gasteiger partial charge is 0.444 e. The first-order valence-electron chi connectivity index (χ1n) is 14.7. The van der Waals surface area contributed by atoms with Crippen LogP contribution in [0.5, 0.6) is 0 Å². The molecule has 5 heterocycles. The lowest BCUT2D eigenvalue weighted by Crippen LogP contribution is -2.37. The van der Waals surface area contributed by atoms with Crippen LogP contribution in [0.3, 0.4) is 0 Å². The van der Waals surface area contributed by atoms with Crippen molar-refractivity contribution in [1.82, 2.24) is 34.4 Å². The minimum absolute atomic E-state index is 0.107. The number of nitrogens with one attached hydrogen (secondary N) is 1. The summed E-state index contributed by atoms with van der Waals surface area (Å²) in [6, 6.07) is 11.0. The summed E-state index contributed by atoms with van der Waals surface area (Å²) < 4.78 is 14.8. The highest BCUT2D eigenvalue weighted by atomic mass is 16.6. The fourth-order valence-electron chi connectivity index (χ4n) is 5.78. The Hall–Kier alpha value is -5.00. The number of fused-ring (bicyclic) bond motifs is 1. The number of benzene rings is 1. The standard InChI is InChI=1S/C32H34N8O4/c1-19-6-7-20(27-35-29(44-37-27)26-15-32(11-12-32)18-39(26)30(42)43-31(2,3)4)14-24(19)34-28(41)22-16-33-40-17-21(8-9-25(22)40)23-10-13-38(5)36-23/h6-10,13-14,16-17,26H,11-12,15,18H2,1-5H3,(H,34,41)/t26-/m0/s1. The molecule has 7 rings (SSSR count). The van der Waals surface area contributed by atoms with Gasteiger partial charge in [0.25, 0.3) is 5.91 Å². The molecule has 1 N–H and O–H groups in total. The average molecular weight is 595 g/mol. The van der Waals surface area contributed by atoms with Crippen molar-refractivity contribution in [1.29, 1.82) is 0 Å². The first-order valence-corrected chi connectivity index (χ1v) is 14.7. The van der Waals surface area contributed by atoms with E-state index in [4.69, 9.17) is 14.2 Å². The van der Waals surface area contributed by atoms with Crippen LogP contribution in [0.1, 0.15) is 67.9 Å². The maximum absolute atomic E-state index is 13.4. The Morgan fingerprint density at radius 3 is 2.64 bits per heavy atom. The van der Waals surface area contributed by atoms with Gasteiger partial charge in [-0.1, -0.05) is 17.3 Å². The molecule has 5 aromatic rings. The van der Waals surface area contributed by atoms with Gasteiger partial charge in [0.05, 0.1) is 23.0 Å². The second-order valence-electron chi connectivity index (χ2n) is 12.9. The molecule has 1 saturated carbocycles. The second kappa shape index (κ2) is 10.0. The van der Waals surface area contributed by atoms with Gasteiger partial charge < -0.3 is 14.6 Å². The molecule has 12 nitrogen and oxygen atoms in total. The van der Waals surface area contributed by atoms with Crippen molar-refractivity contribution >= 4 is 23.2 Å². The molecule has 4 aromatic heterocycles. The average Bonchev–Trinajstić information content (AvgIpc) is 3.43. The zero-order valence-electron chi connectivity index (χ0n) is 25.4. The highest BCUT2D eigenvalue weighted by Gasteiger charge is 2.55. The van der Waals surface area contributed by atoms with Gasteiger partial charge in [-0.25, -0.2) is 9.31 Å². The van der Waals surface area contributed by atoms with Gasteiger partial charge >= 0.3 is 6.09 Å². The number of nitrogens with zero attached hydrogens (tertiary/aromatic N) is 7. The van der Waals surface area contributed by atoms with Crippen LogP contribution < -0.4 is 5.32 Å². The molecule has 0 radical (unpaired) electrons. The summed E-state index contributed by atoms with van der Waals surface area (Å²) in [5.41, 5.74) is 4.54. The van der Waals surface area contributed by atoms with E-state index < -0.39 is 5.60 Å². The fraction of sp³-hybridized carbons (Fsp3) is 0.375. The topological polar surface area (TPSA) is 133 Å². The van der Waals surface area contributed by atoms with Gasteiger partial charge in [-0.3, -0.25) is 14.4 Å². The van der Waals surface area contributed by atoms with E-state index in [2.05, 4.69) is 20.7 Å². The summed E-state index contributed by atoms with van der Waals surface area (Å²) in [5, 5.41) is 16.1. The van der Waals surface area contributed by atoms with Crippen LogP contribution in [0.2, 0.25) is 0 Å². The number of amides is 2. The van der Waals surface area contributed by atoms with Crippen LogP contribution in [0.15, 0.2) is 59.5 Å². The van der Waals surface area contributed by atoms with Crippen molar-refractivity contribution in [2.75, 3.05) is 11.9 Å². The number of anilines is 1. The smallest absolute Gasteiger partial charge is 0.410 e. The lowest BCUT2D eigenvalue weighted by molar-refractivity contribution is 0.0193. The maximum atomic E-state index is 13.4. The van der Waals surface area contributed by atoms with Gasteiger partial charge in [0.1, 0.15) is 11.6 Å². The number of carbonyl (C=O) groups is 2. The van der Waals surface area contributed by atoms with Crippen molar-refractivity contribution in [3.8, 4) is 22.6 Å². The lowest BCUT2D eigenvalue weighted by Gasteiger charge is -2.27. The molecule has 1 spiro atoms. The summed E-state index contributed by atoms with van der Waals surface area (Å²) in [6.07, 6.45) is 7.84. The van der Waals surface area contributed by atoms with Gasteiger partial charge in [0, 0.05) is 42.8 Å². The highest BCUT2D eigenvalue weighted by Crippen LogP contribution is 2.58. The molecule has 0 bridgehead atoms. The van der Waals surface area contributed by atoms with E-state index in [0.717, 1.165) is 36.1 Å². The Morgan fingerprint density at radius 1 is 1.11 bits per heavy atom. The van der Waals surface area contributed by atoms with Gasteiger partial charge in [-0.05, 0) is 82.2 Å². The molecule has 0 unspecified atom stereocenters. The summed E-state index contributed by atoms with van der Waals surface area (Å²) in [4.78, 5) is 32.9. The number of ether oxygens (including phenoxy) is 1. The molecular weight excluding hydrogens is 560 g/mol. The van der Waals surface area contributed by atoms with E-state index in [1.807, 2.05) is 83.5 Å². The fourth-order valence-corrected chi connectivity index (χ4v) is 5.78. The predicted octanol–water partition coefficient (Wildman–Crippen LogP) is 5.81. The van der Waals surface area contributed by atoms with E-state index in [0.29, 0.717) is 40.6 Å². The Balaban J connectivity index is 1.11. The number of carbonyl (C=O) groups excluding carboxylic acids is 2. The Morgan fingerprint density at radius 2 is 1.91 bits per heavy atom. The summed E-state index contributed by atoms with van der Waals surface area (Å²) in [7, 11) is 1.87. The van der Waals surface area contributed by atoms with Crippen LogP contribution in [-0.2, 0) is 11.8 Å². The van der Waals surface area contributed by atoms with Crippen molar-refractivity contribution in [2.45, 2.75) is 58.6 Å². The highest BCUT2D eigenvalue weighted by molar-refractivity contribution is 6.09. The van der Waals surface area contributed by atoms with Crippen molar-refractivity contribution < 1.29 is 18.8 Å². The quantitative estimate of drug-likeness (QED) is 0.270. The first kappa shape index (κ1) is 27.8. The lowest BCUT2D eigenvalue weighted by atomic mass is 10.0. The third-order valence-electron chi connectivity index (χ3n) is 8.33. The van der Waals surface area contributed by atoms with Gasteiger partial charge in [0.15, 0.2) is 0 Å². The third-order valence-corrected chi connectivity index (χ3v) is 8.33. The Kier molecular flexibility index (Phi) is 6.34. The SMILES string of the molecule is Cc1ccc(-c2noc([C@@H]3CC4(CC4)CN3C(=O)OC(C)(C)C)n2)cc1NC(=O)c1cnn2cc(-c3ccn(C)n3)ccc12. The third kappa shape index (κ3) is 5.20. The molecule has 2 aliphatic rings. The minimum atomic E-state index is -0.602. The number of pyridine rings is 1. The molecular formula is C32H34N8O4. The van der Waals surface area contributed by atoms with E-state index >= 15 is 0 Å². The first-order chi connectivity index (χ1) is 21.0. The minimum Gasteiger partial charge on any atom is -0.444 e. The molecule has 1 atom stereocenters. The molecule has 44 heavy (non-hydrogen) atoms. The Bertz CT molecular complexity index is 1910. The number of aryl methyl sites for hydroxylation is 2. The monoisotopic (exact) mass is 594 g/mol. The number of aromatic nitrogens is 6. The van der Waals surface area contributed by atoms with E-state index in [-0.39, 0.29) is 23.5 Å². The molecule has 1 aliphatic carbocycles. The number of hydrogen-bond donors (Lipinski definition) is 1. The van der Waals surface area contributed by atoms with E-state index in [1.165, 1.54) is 0 Å². The van der Waals surface area contributed by atoms with Gasteiger partial charge in [-0.15, -0.1) is 0 Å². The van der Waals surface area contributed by atoms with Crippen molar-refractivity contribution in [3.63, 3.8) is 0 Å². The molecule has 12 heteroatoms. The molecule has 2 amide bonds. The van der Waals surface area contributed by atoms with Gasteiger partial charge in [0.2, 0.25) is 11.7 Å². The molecule has 226 valence electrons. The second-order valence-corrected chi connectivity index (χ2v) is 12.9. The number of likely N-dealkylation sites (tertiary alicyclic amines) is 1. The summed E-state index contributed by atoms with van der Waals surface area (Å²) >= 11 is 0. The van der Waals surface area contributed by atoms with Crippen LogP contribution in [0.25, 0.3) is 28.2 Å². The zero-order valence-corrected chi connectivity index (χ0v) is 25.4. The molecule has 1 aliphatic heterocycles. The molecule has 1 saturated heterocycles. The van der Waals surface area contributed by atoms with E-state index in [9.17, 15) is 9.59 Å². The Labute approximate surface area is 254 Å². The maximum Gasteiger partial charge on any atom is 0.410 e. The van der Waals surface area contributed by atoms with E-state index in [1.54, 1.807) is 20.3 Å². The summed E-state index contributed by atoms with van der Waals surface area (Å²) in [6.45, 7) is 8.12. The van der Waals surface area contributed by atoms with Crippen molar-refractivity contribution in [3.05, 3.63) is 72.0 Å². The van der Waals surface area contributed by atoms with Crippen LogP contribution >= 0.6 is 0 Å². The van der Waals surface area contributed by atoms with Crippen LogP contribution in [0.4, 0.5) is 10.5 Å². The van der Waals surface area contributed by atoms with Crippen molar-refractivity contribution in [2.24, 2.45) is 12.5 Å². The molecule has 1 aromatic carbocycles. The van der Waals surface area contributed by atoms with Crippen LogP contribution in [-0.4, -0.2) is 58.6 Å². The summed E-state index contributed by atoms with van der Waals surface area (Å²) in [5.74, 6) is 0.486. The zero-order chi connectivity index (χ0) is 30.8. The number of hydrogen-bond acceptors (Lipinski definition) is 8. The predicted molar refractivity (Wildman–Crippen MR) is 162 cm³/mol. The molecule has 2 fully saturated rings.